The lowest BCUT2D eigenvalue weighted by Gasteiger charge is -2.06. The Balaban J connectivity index is 0.000000181. The van der Waals surface area contributed by atoms with Crippen LogP contribution in [0.2, 0.25) is 0 Å². The van der Waals surface area contributed by atoms with Gasteiger partial charge in [0.05, 0.1) is 11.4 Å². The molecular weight excluding hydrogens is 596 g/mol. The summed E-state index contributed by atoms with van der Waals surface area (Å²) in [5, 5.41) is 13.9. The van der Waals surface area contributed by atoms with Gasteiger partial charge in [0.15, 0.2) is 11.6 Å². The van der Waals surface area contributed by atoms with E-state index >= 15 is 0 Å². The smallest absolute Gasteiger partial charge is 0.373 e. The number of benzene rings is 2. The molecule has 0 spiro atoms. The van der Waals surface area contributed by atoms with E-state index in [0.29, 0.717) is 22.9 Å². The molecule has 15 nitrogen and oxygen atoms in total. The molecule has 15 heteroatoms. The van der Waals surface area contributed by atoms with Gasteiger partial charge in [-0.25, -0.2) is 14.8 Å². The van der Waals surface area contributed by atoms with E-state index in [0.717, 1.165) is 21.9 Å². The third kappa shape index (κ3) is 7.32. The predicted octanol–water partition coefficient (Wildman–Crippen LogP) is 3.02. The van der Waals surface area contributed by atoms with Crippen LogP contribution < -0.4 is 20.6 Å². The second-order valence-corrected chi connectivity index (χ2v) is 10.0. The lowest BCUT2D eigenvalue weighted by Crippen LogP contribution is -2.17. The average Bonchev–Trinajstić information content (AvgIpc) is 3.70. The number of carbonyl (C=O) groups excluding carboxylic acids is 1. The lowest BCUT2D eigenvalue weighted by atomic mass is 10.2. The monoisotopic (exact) mass is 626 g/mol. The number of ether oxygens (including phenoxy) is 2. The first-order valence-corrected chi connectivity index (χ1v) is 14.3. The van der Waals surface area contributed by atoms with E-state index in [2.05, 4.69) is 44.0 Å². The number of hydrogen-bond donors (Lipinski definition) is 3. The molecule has 6 aromatic rings. The Morgan fingerprint density at radius 2 is 1.11 bits per heavy atom. The Labute approximate surface area is 260 Å². The number of nitrogens with one attached hydrogen (secondary N) is 2. The molecule has 0 aliphatic carbocycles. The summed E-state index contributed by atoms with van der Waals surface area (Å²) < 4.78 is 13.3. The first-order chi connectivity index (χ1) is 22.1. The van der Waals surface area contributed by atoms with Crippen molar-refractivity contribution >= 4 is 23.3 Å². The topological polar surface area (TPSA) is 199 Å². The van der Waals surface area contributed by atoms with E-state index in [9.17, 15) is 19.2 Å². The highest BCUT2D eigenvalue weighted by atomic mass is 16.5. The molecule has 0 aliphatic rings. The molecule has 3 N–H and O–H groups in total. The molecule has 236 valence electrons. The van der Waals surface area contributed by atoms with Crippen LogP contribution in [-0.2, 0) is 26.1 Å². The lowest BCUT2D eigenvalue weighted by molar-refractivity contribution is 0.0683. The van der Waals surface area contributed by atoms with Gasteiger partial charge in [-0.15, -0.1) is 0 Å². The SMILES string of the molecule is CCc1ccc(OCc2cc(=O)n3[nH]c(C(=O)O)nc3n2)cc1.CCc1ccc(OCc2cc(=O)n3[nH]c(C(C)=O)nc3n2)cc1. The van der Waals surface area contributed by atoms with Crippen LogP contribution in [0.25, 0.3) is 11.6 Å². The number of fused-ring (bicyclic) bond motifs is 2. The Hall–Kier alpha value is -6.12. The van der Waals surface area contributed by atoms with Crippen molar-refractivity contribution in [1.82, 2.24) is 39.2 Å². The first-order valence-electron chi connectivity index (χ1n) is 14.3. The summed E-state index contributed by atoms with van der Waals surface area (Å²) in [6.07, 6.45) is 1.91. The quantitative estimate of drug-likeness (QED) is 0.189. The van der Waals surface area contributed by atoms with E-state index in [1.165, 1.54) is 30.2 Å². The third-order valence-electron chi connectivity index (χ3n) is 6.74. The maximum atomic E-state index is 12.0. The van der Waals surface area contributed by atoms with E-state index in [-0.39, 0.29) is 47.8 Å². The van der Waals surface area contributed by atoms with E-state index in [4.69, 9.17) is 14.6 Å². The number of aromatic amines is 2. The molecule has 0 unspecified atom stereocenters. The number of carboxylic acid groups (broad SMARTS) is 1. The largest absolute Gasteiger partial charge is 0.487 e. The second-order valence-electron chi connectivity index (χ2n) is 10.0. The van der Waals surface area contributed by atoms with Crippen LogP contribution in [0.15, 0.2) is 70.3 Å². The fraction of sp³-hybridized carbons (Fsp3) is 0.226. The summed E-state index contributed by atoms with van der Waals surface area (Å²) in [7, 11) is 0. The molecule has 46 heavy (non-hydrogen) atoms. The molecule has 0 radical (unpaired) electrons. The number of aromatic nitrogens is 8. The van der Waals surface area contributed by atoms with Gasteiger partial charge in [-0.2, -0.15) is 19.0 Å². The molecule has 0 aliphatic heterocycles. The van der Waals surface area contributed by atoms with E-state index in [1.54, 1.807) is 0 Å². The van der Waals surface area contributed by atoms with Crippen molar-refractivity contribution in [2.24, 2.45) is 0 Å². The van der Waals surface area contributed by atoms with Gasteiger partial charge in [0, 0.05) is 19.1 Å². The number of hydrogen-bond acceptors (Lipinski definition) is 10. The minimum atomic E-state index is -1.26. The summed E-state index contributed by atoms with van der Waals surface area (Å²) >= 11 is 0. The standard InChI is InChI=1S/C16H16N4O3.C15H14N4O4/c1-3-11-4-6-13(7-5-11)23-9-12-8-14(22)20-16(17-12)18-15(19-20)10(2)21;1-2-9-3-5-11(6-4-9)23-8-10-7-12(20)19-15(16-10)17-13(18-19)14(21)22/h4-8H,3,9H2,1-2H3,(H,17,18,19);3-7H,2,8H2,1H3,(H,21,22)(H,16,17,18). The minimum absolute atomic E-state index is 0.00479. The van der Waals surface area contributed by atoms with Gasteiger partial charge in [0.2, 0.25) is 5.82 Å². The molecule has 4 aromatic heterocycles. The zero-order valence-corrected chi connectivity index (χ0v) is 25.2. The molecular formula is C31H30N8O7. The normalized spacial score (nSPS) is 10.8. The van der Waals surface area contributed by atoms with Gasteiger partial charge in [0.25, 0.3) is 22.7 Å². The molecule has 4 heterocycles. The van der Waals surface area contributed by atoms with Crippen LogP contribution in [0.1, 0.15) is 64.5 Å². The molecule has 0 saturated heterocycles. The Morgan fingerprint density at radius 1 is 0.696 bits per heavy atom. The third-order valence-corrected chi connectivity index (χ3v) is 6.74. The van der Waals surface area contributed by atoms with Crippen molar-refractivity contribution in [2.45, 2.75) is 46.8 Å². The highest BCUT2D eigenvalue weighted by Gasteiger charge is 2.13. The summed E-state index contributed by atoms with van der Waals surface area (Å²) in [6.45, 7) is 5.76. The summed E-state index contributed by atoms with van der Waals surface area (Å²) in [4.78, 5) is 62.2. The first kappa shape index (κ1) is 31.3. The maximum absolute atomic E-state index is 12.0. The van der Waals surface area contributed by atoms with Crippen LogP contribution in [0.3, 0.4) is 0 Å². The molecule has 0 fully saturated rings. The predicted molar refractivity (Wildman–Crippen MR) is 164 cm³/mol. The fourth-order valence-corrected chi connectivity index (χ4v) is 4.21. The Morgan fingerprint density at radius 3 is 1.50 bits per heavy atom. The van der Waals surface area contributed by atoms with Gasteiger partial charge >= 0.3 is 5.97 Å². The van der Waals surface area contributed by atoms with Crippen molar-refractivity contribution in [3.8, 4) is 11.5 Å². The van der Waals surface area contributed by atoms with Gasteiger partial charge in [0.1, 0.15) is 24.7 Å². The Bertz CT molecular complexity index is 1970. The van der Waals surface area contributed by atoms with Gasteiger partial charge < -0.3 is 14.6 Å². The highest BCUT2D eigenvalue weighted by Crippen LogP contribution is 2.15. The molecule has 0 saturated carbocycles. The zero-order valence-electron chi connectivity index (χ0n) is 25.2. The van der Waals surface area contributed by atoms with Gasteiger partial charge in [-0.05, 0) is 48.2 Å². The molecule has 0 bridgehead atoms. The number of rotatable bonds is 10. The number of ketones is 1. The number of Topliss-reactive ketones (excluding diaryl/α,β-unsaturated/α-hetero) is 1. The van der Waals surface area contributed by atoms with E-state index < -0.39 is 11.5 Å². The number of H-pyrrole nitrogens is 2. The van der Waals surface area contributed by atoms with Crippen LogP contribution in [-0.4, -0.2) is 56.0 Å². The molecule has 0 amide bonds. The van der Waals surface area contributed by atoms with Crippen LogP contribution in [0, 0.1) is 0 Å². The molecule has 2 aromatic carbocycles. The van der Waals surface area contributed by atoms with Crippen molar-refractivity contribution in [3.05, 3.63) is 116 Å². The highest BCUT2D eigenvalue weighted by molar-refractivity contribution is 5.90. The van der Waals surface area contributed by atoms with Gasteiger partial charge in [-0.1, -0.05) is 38.1 Å². The summed E-state index contributed by atoms with van der Waals surface area (Å²) in [6, 6.07) is 18.0. The second kappa shape index (κ2) is 13.7. The minimum Gasteiger partial charge on any atom is -0.487 e. The fourth-order valence-electron chi connectivity index (χ4n) is 4.21. The van der Waals surface area contributed by atoms with Crippen LogP contribution in [0.4, 0.5) is 0 Å². The van der Waals surface area contributed by atoms with Crippen molar-refractivity contribution < 1.29 is 24.2 Å². The average molecular weight is 627 g/mol. The van der Waals surface area contributed by atoms with Crippen molar-refractivity contribution in [2.75, 3.05) is 0 Å². The maximum Gasteiger partial charge on any atom is 0.373 e. The van der Waals surface area contributed by atoms with Gasteiger partial charge in [-0.3, -0.25) is 24.6 Å². The van der Waals surface area contributed by atoms with Crippen molar-refractivity contribution in [1.29, 1.82) is 0 Å². The van der Waals surface area contributed by atoms with Crippen molar-refractivity contribution in [3.63, 3.8) is 0 Å². The number of carboxylic acids is 1. The number of carbonyl (C=O) groups is 2. The number of nitrogens with zero attached hydrogens (tertiary/aromatic N) is 6. The number of aromatic carboxylic acids is 1. The van der Waals surface area contributed by atoms with Crippen LogP contribution >= 0.6 is 0 Å². The Kier molecular flexibility index (Phi) is 9.31. The van der Waals surface area contributed by atoms with E-state index in [1.807, 2.05) is 48.5 Å². The molecule has 6 rings (SSSR count). The van der Waals surface area contributed by atoms with Crippen LogP contribution in [0.5, 0.6) is 11.5 Å². The number of aryl methyl sites for hydroxylation is 2. The summed E-state index contributed by atoms with van der Waals surface area (Å²) in [5.74, 6) is -0.247. The summed E-state index contributed by atoms with van der Waals surface area (Å²) in [5.41, 5.74) is 2.47. The molecule has 0 atom stereocenters. The zero-order chi connectivity index (χ0) is 32.8.